The van der Waals surface area contributed by atoms with Gasteiger partial charge in [-0.2, -0.15) is 0 Å². The van der Waals surface area contributed by atoms with Crippen molar-refractivity contribution in [2.24, 2.45) is 11.8 Å². The van der Waals surface area contributed by atoms with Gasteiger partial charge in [0.2, 0.25) is 0 Å². The van der Waals surface area contributed by atoms with Gasteiger partial charge in [-0.3, -0.25) is 4.79 Å². The molecule has 7 nitrogen and oxygen atoms in total. The van der Waals surface area contributed by atoms with Crippen molar-refractivity contribution in [2.75, 3.05) is 13.7 Å². The highest BCUT2D eigenvalue weighted by Crippen LogP contribution is 2.39. The van der Waals surface area contributed by atoms with Gasteiger partial charge >= 0.3 is 11.9 Å². The first-order valence-electron chi connectivity index (χ1n) is 5.50. The number of carboxylic acids is 1. The van der Waals surface area contributed by atoms with Crippen molar-refractivity contribution in [3.05, 3.63) is 11.8 Å². The Hall–Kier alpha value is -1.60. The molecule has 2 aliphatic rings. The molecule has 2 aliphatic heterocycles. The summed E-state index contributed by atoms with van der Waals surface area (Å²) in [5.41, 5.74) is 0.116. The molecule has 0 amide bonds. The fourth-order valence-electron chi connectivity index (χ4n) is 2.39. The van der Waals surface area contributed by atoms with Crippen LogP contribution in [-0.2, 0) is 23.8 Å². The minimum atomic E-state index is -1.13. The molecule has 2 rings (SSSR count). The van der Waals surface area contributed by atoms with E-state index in [4.69, 9.17) is 14.6 Å². The van der Waals surface area contributed by atoms with Gasteiger partial charge < -0.3 is 24.4 Å². The van der Waals surface area contributed by atoms with Crippen molar-refractivity contribution < 1.29 is 34.0 Å². The number of aliphatic hydroxyl groups excluding tert-OH is 1. The van der Waals surface area contributed by atoms with Gasteiger partial charge in [-0.25, -0.2) is 4.79 Å². The monoisotopic (exact) mass is 258 g/mol. The number of carbonyl (C=O) groups excluding carboxylic acids is 1. The summed E-state index contributed by atoms with van der Waals surface area (Å²) in [7, 11) is 1.20. The number of rotatable bonds is 3. The topological polar surface area (TPSA) is 102 Å². The Bertz CT molecular complexity index is 389. The Morgan fingerprint density at radius 1 is 1.56 bits per heavy atom. The summed E-state index contributed by atoms with van der Waals surface area (Å²) in [5.74, 6) is -2.96. The molecule has 2 N–H and O–H groups in total. The first-order chi connectivity index (χ1) is 8.54. The number of ether oxygens (including phenoxy) is 3. The van der Waals surface area contributed by atoms with Crippen molar-refractivity contribution in [3.63, 3.8) is 0 Å². The van der Waals surface area contributed by atoms with Gasteiger partial charge in [-0.1, -0.05) is 0 Å². The van der Waals surface area contributed by atoms with Gasteiger partial charge in [0, 0.05) is 5.92 Å². The van der Waals surface area contributed by atoms with Gasteiger partial charge in [0.25, 0.3) is 0 Å². The maximum atomic E-state index is 11.6. The molecule has 0 spiro atoms. The van der Waals surface area contributed by atoms with E-state index in [2.05, 4.69) is 4.74 Å². The molecule has 7 heteroatoms. The third kappa shape index (κ3) is 2.19. The third-order valence-electron chi connectivity index (χ3n) is 3.24. The summed E-state index contributed by atoms with van der Waals surface area (Å²) in [6, 6.07) is 0. The van der Waals surface area contributed by atoms with Gasteiger partial charge in [0.1, 0.15) is 6.10 Å². The molecule has 0 aromatic rings. The summed E-state index contributed by atoms with van der Waals surface area (Å²) in [6.07, 6.45) is -0.640. The Balaban J connectivity index is 2.28. The zero-order valence-corrected chi connectivity index (χ0v) is 9.74. The molecule has 4 atom stereocenters. The molecule has 0 saturated carbocycles. The smallest absolute Gasteiger partial charge is 0.337 e. The molecule has 0 aromatic heterocycles. The second-order valence-corrected chi connectivity index (χ2v) is 4.24. The number of esters is 1. The second-order valence-electron chi connectivity index (χ2n) is 4.24. The first kappa shape index (κ1) is 12.8. The third-order valence-corrected chi connectivity index (χ3v) is 3.24. The maximum absolute atomic E-state index is 11.6. The zero-order chi connectivity index (χ0) is 13.3. The predicted octanol–water partition coefficient (Wildman–Crippen LogP) is -0.502. The van der Waals surface area contributed by atoms with E-state index in [0.717, 1.165) is 0 Å². The SMILES string of the molecule is COC(=O)C1=CO[C@@H]2CO[C@H](O)[C@@H]2[C@@H]1CC(=O)O. The molecular formula is C11H14O7. The van der Waals surface area contributed by atoms with Crippen LogP contribution in [0.4, 0.5) is 0 Å². The summed E-state index contributed by atoms with van der Waals surface area (Å²) < 4.78 is 14.9. The average Bonchev–Trinajstić information content (AvgIpc) is 2.70. The molecule has 1 saturated heterocycles. The van der Waals surface area contributed by atoms with Crippen molar-refractivity contribution in [1.82, 2.24) is 0 Å². The van der Waals surface area contributed by atoms with Crippen LogP contribution < -0.4 is 0 Å². The molecule has 1 fully saturated rings. The Labute approximate surface area is 103 Å². The Morgan fingerprint density at radius 2 is 2.28 bits per heavy atom. The summed E-state index contributed by atoms with van der Waals surface area (Å²) in [5, 5.41) is 18.6. The molecule has 0 aliphatic carbocycles. The molecule has 0 unspecified atom stereocenters. The van der Waals surface area contributed by atoms with E-state index in [0.29, 0.717) is 0 Å². The number of methoxy groups -OCH3 is 1. The molecule has 0 bridgehead atoms. The highest BCUT2D eigenvalue weighted by atomic mass is 16.6. The van der Waals surface area contributed by atoms with Crippen LogP contribution in [0.5, 0.6) is 0 Å². The minimum absolute atomic E-state index is 0.116. The summed E-state index contributed by atoms with van der Waals surface area (Å²) in [4.78, 5) is 22.4. The van der Waals surface area contributed by atoms with Crippen molar-refractivity contribution in [1.29, 1.82) is 0 Å². The number of aliphatic hydroxyl groups is 1. The van der Waals surface area contributed by atoms with Crippen LogP contribution in [0.3, 0.4) is 0 Å². The number of hydrogen-bond acceptors (Lipinski definition) is 6. The van der Waals surface area contributed by atoms with E-state index >= 15 is 0 Å². The lowest BCUT2D eigenvalue weighted by Crippen LogP contribution is -2.39. The largest absolute Gasteiger partial charge is 0.495 e. The van der Waals surface area contributed by atoms with Gasteiger partial charge in [-0.05, 0) is 0 Å². The van der Waals surface area contributed by atoms with E-state index in [9.17, 15) is 14.7 Å². The normalized spacial score (nSPS) is 34.2. The fraction of sp³-hybridized carbons (Fsp3) is 0.636. The predicted molar refractivity (Wildman–Crippen MR) is 56.2 cm³/mol. The summed E-state index contributed by atoms with van der Waals surface area (Å²) >= 11 is 0. The Kier molecular flexibility index (Phi) is 3.53. The van der Waals surface area contributed by atoms with Crippen LogP contribution in [0.25, 0.3) is 0 Å². The lowest BCUT2D eigenvalue weighted by Gasteiger charge is -2.32. The van der Waals surface area contributed by atoms with Crippen LogP contribution in [0.15, 0.2) is 11.8 Å². The molecule has 0 aromatic carbocycles. The highest BCUT2D eigenvalue weighted by Gasteiger charge is 2.48. The zero-order valence-electron chi connectivity index (χ0n) is 9.74. The molecule has 2 heterocycles. The quantitative estimate of drug-likeness (QED) is 0.658. The molecular weight excluding hydrogens is 244 g/mol. The molecule has 18 heavy (non-hydrogen) atoms. The lowest BCUT2D eigenvalue weighted by atomic mass is 9.79. The Morgan fingerprint density at radius 3 is 2.89 bits per heavy atom. The second kappa shape index (κ2) is 4.95. The van der Waals surface area contributed by atoms with E-state index < -0.39 is 36.2 Å². The number of carboxylic acid groups (broad SMARTS) is 1. The van der Waals surface area contributed by atoms with Crippen molar-refractivity contribution in [2.45, 2.75) is 18.8 Å². The van der Waals surface area contributed by atoms with E-state index in [-0.39, 0.29) is 18.6 Å². The average molecular weight is 258 g/mol. The van der Waals surface area contributed by atoms with Crippen LogP contribution in [0, 0.1) is 11.8 Å². The highest BCUT2D eigenvalue weighted by molar-refractivity contribution is 5.89. The van der Waals surface area contributed by atoms with Crippen LogP contribution in [0.1, 0.15) is 6.42 Å². The number of fused-ring (bicyclic) bond motifs is 1. The van der Waals surface area contributed by atoms with Crippen molar-refractivity contribution >= 4 is 11.9 Å². The van der Waals surface area contributed by atoms with Gasteiger partial charge in [0.05, 0.1) is 37.9 Å². The van der Waals surface area contributed by atoms with Crippen LogP contribution >= 0.6 is 0 Å². The fourth-order valence-corrected chi connectivity index (χ4v) is 2.39. The van der Waals surface area contributed by atoms with Crippen LogP contribution in [-0.4, -0.2) is 48.3 Å². The van der Waals surface area contributed by atoms with E-state index in [1.807, 2.05) is 0 Å². The van der Waals surface area contributed by atoms with Gasteiger partial charge in [-0.15, -0.1) is 0 Å². The van der Waals surface area contributed by atoms with E-state index in [1.165, 1.54) is 13.4 Å². The minimum Gasteiger partial charge on any atom is -0.495 e. The first-order valence-corrected chi connectivity index (χ1v) is 5.50. The molecule has 100 valence electrons. The number of aliphatic carboxylic acids is 1. The summed E-state index contributed by atoms with van der Waals surface area (Å²) in [6.45, 7) is 0.174. The van der Waals surface area contributed by atoms with Gasteiger partial charge in [0.15, 0.2) is 6.29 Å². The molecule has 0 radical (unpaired) electrons. The van der Waals surface area contributed by atoms with E-state index in [1.54, 1.807) is 0 Å². The standard InChI is InChI=1S/C11H14O7/c1-16-10(14)6-3-17-7-4-18-11(15)9(7)5(6)2-8(12)13/h3,5,7,9,11,15H,2,4H2,1H3,(H,12,13)/t5-,7-,9-,11+/m1/s1. The number of carbonyl (C=O) groups is 2. The van der Waals surface area contributed by atoms with Crippen LogP contribution in [0.2, 0.25) is 0 Å². The lowest BCUT2D eigenvalue weighted by molar-refractivity contribution is -0.143. The maximum Gasteiger partial charge on any atom is 0.337 e. The number of hydrogen-bond donors (Lipinski definition) is 2. The van der Waals surface area contributed by atoms with Crippen molar-refractivity contribution in [3.8, 4) is 0 Å².